The van der Waals surface area contributed by atoms with Crippen molar-refractivity contribution in [1.29, 1.82) is 0 Å². The average molecular weight is 225 g/mol. The van der Waals surface area contributed by atoms with E-state index in [2.05, 4.69) is 0 Å². The highest BCUT2D eigenvalue weighted by Gasteiger charge is 2.28. The summed E-state index contributed by atoms with van der Waals surface area (Å²) in [6, 6.07) is 6.10. The molecule has 0 fully saturated rings. The van der Waals surface area contributed by atoms with E-state index in [1.165, 1.54) is 12.1 Å². The molecule has 0 aliphatic heterocycles. The maximum atomic E-state index is 13.0. The van der Waals surface area contributed by atoms with Crippen molar-refractivity contribution in [3.8, 4) is 0 Å². The lowest BCUT2D eigenvalue weighted by molar-refractivity contribution is -0.146. The second kappa shape index (κ2) is 4.51. The highest BCUT2D eigenvalue weighted by Crippen LogP contribution is 2.21. The van der Waals surface area contributed by atoms with Gasteiger partial charge < -0.3 is 10.0 Å². The van der Waals surface area contributed by atoms with Crippen molar-refractivity contribution in [3.63, 3.8) is 0 Å². The Balaban J connectivity index is 2.80. The zero-order valence-corrected chi connectivity index (χ0v) is 9.70. The third-order valence-corrected chi connectivity index (χ3v) is 2.46. The molecule has 0 radical (unpaired) electrons. The van der Waals surface area contributed by atoms with E-state index in [4.69, 9.17) is 5.11 Å². The third kappa shape index (κ3) is 2.95. The van der Waals surface area contributed by atoms with Crippen LogP contribution >= 0.6 is 0 Å². The van der Waals surface area contributed by atoms with Gasteiger partial charge in [-0.3, -0.25) is 4.79 Å². The van der Waals surface area contributed by atoms with Crippen LogP contribution < -0.4 is 4.90 Å². The van der Waals surface area contributed by atoms with Gasteiger partial charge in [-0.15, -0.1) is 0 Å². The maximum absolute atomic E-state index is 13.0. The van der Waals surface area contributed by atoms with Crippen molar-refractivity contribution >= 4 is 11.7 Å². The molecule has 0 aliphatic carbocycles. The second-order valence-corrected chi connectivity index (χ2v) is 4.52. The fourth-order valence-corrected chi connectivity index (χ4v) is 1.47. The van der Waals surface area contributed by atoms with Gasteiger partial charge in [-0.25, -0.2) is 4.39 Å². The molecule has 3 nitrogen and oxygen atoms in total. The van der Waals surface area contributed by atoms with Gasteiger partial charge in [-0.05, 0) is 32.0 Å². The van der Waals surface area contributed by atoms with Crippen LogP contribution in [0.3, 0.4) is 0 Å². The Labute approximate surface area is 94.5 Å². The number of anilines is 1. The van der Waals surface area contributed by atoms with E-state index < -0.39 is 11.4 Å². The minimum atomic E-state index is -0.865. The van der Waals surface area contributed by atoms with E-state index in [-0.39, 0.29) is 5.82 Å². The van der Waals surface area contributed by atoms with Crippen LogP contribution in [0, 0.1) is 11.2 Å². The van der Waals surface area contributed by atoms with Gasteiger partial charge in [0.1, 0.15) is 5.82 Å². The molecule has 88 valence electrons. The van der Waals surface area contributed by atoms with Crippen LogP contribution in [-0.2, 0) is 4.79 Å². The van der Waals surface area contributed by atoms with Crippen molar-refractivity contribution in [2.24, 2.45) is 5.41 Å². The lowest BCUT2D eigenvalue weighted by Gasteiger charge is -2.28. The van der Waals surface area contributed by atoms with E-state index in [1.54, 1.807) is 37.9 Å². The Morgan fingerprint density at radius 2 is 2.12 bits per heavy atom. The minimum absolute atomic E-state index is 0.322. The highest BCUT2D eigenvalue weighted by atomic mass is 19.1. The fourth-order valence-electron chi connectivity index (χ4n) is 1.47. The SMILES string of the molecule is CN(CC(C)(C)C(=O)O)c1cccc(F)c1. The summed E-state index contributed by atoms with van der Waals surface area (Å²) < 4.78 is 13.0. The smallest absolute Gasteiger partial charge is 0.310 e. The van der Waals surface area contributed by atoms with Crippen LogP contribution in [0.1, 0.15) is 13.8 Å². The zero-order valence-electron chi connectivity index (χ0n) is 9.70. The lowest BCUT2D eigenvalue weighted by Crippen LogP contribution is -2.37. The number of hydrogen-bond acceptors (Lipinski definition) is 2. The number of carbonyl (C=O) groups is 1. The summed E-state index contributed by atoms with van der Waals surface area (Å²) in [6.07, 6.45) is 0. The molecule has 0 saturated carbocycles. The van der Waals surface area contributed by atoms with Gasteiger partial charge in [0.2, 0.25) is 0 Å². The quantitative estimate of drug-likeness (QED) is 0.855. The molecule has 16 heavy (non-hydrogen) atoms. The Bertz CT molecular complexity index is 390. The molecule has 0 heterocycles. The van der Waals surface area contributed by atoms with Crippen molar-refractivity contribution < 1.29 is 14.3 Å². The van der Waals surface area contributed by atoms with Crippen LogP contribution in [0.4, 0.5) is 10.1 Å². The van der Waals surface area contributed by atoms with Crippen LogP contribution in [0.5, 0.6) is 0 Å². The molecular formula is C12H16FNO2. The first-order valence-corrected chi connectivity index (χ1v) is 5.03. The van der Waals surface area contributed by atoms with Crippen LogP contribution in [0.15, 0.2) is 24.3 Å². The van der Waals surface area contributed by atoms with E-state index in [0.29, 0.717) is 12.2 Å². The summed E-state index contributed by atoms with van der Waals surface area (Å²) in [7, 11) is 1.75. The van der Waals surface area contributed by atoms with Crippen molar-refractivity contribution in [2.45, 2.75) is 13.8 Å². The number of halogens is 1. The molecule has 1 rings (SSSR count). The van der Waals surface area contributed by atoms with Gasteiger partial charge in [-0.2, -0.15) is 0 Å². The van der Waals surface area contributed by atoms with E-state index >= 15 is 0 Å². The molecule has 1 aromatic rings. The summed E-state index contributed by atoms with van der Waals surface area (Å²) in [5.41, 5.74) is -0.185. The largest absolute Gasteiger partial charge is 0.481 e. The van der Waals surface area contributed by atoms with Crippen molar-refractivity contribution in [2.75, 3.05) is 18.5 Å². The first kappa shape index (κ1) is 12.5. The Kier molecular flexibility index (Phi) is 3.52. The topological polar surface area (TPSA) is 40.5 Å². The van der Waals surface area contributed by atoms with Gasteiger partial charge in [0.15, 0.2) is 0 Å². The monoisotopic (exact) mass is 225 g/mol. The third-order valence-electron chi connectivity index (χ3n) is 2.46. The standard InChI is InChI=1S/C12H16FNO2/c1-12(2,11(15)16)8-14(3)10-6-4-5-9(13)7-10/h4-7H,8H2,1-3H3,(H,15,16). The number of carboxylic acid groups (broad SMARTS) is 1. The molecule has 0 saturated heterocycles. The van der Waals surface area contributed by atoms with Crippen LogP contribution in [-0.4, -0.2) is 24.7 Å². The first-order valence-electron chi connectivity index (χ1n) is 5.03. The van der Waals surface area contributed by atoms with Gasteiger partial charge >= 0.3 is 5.97 Å². The molecular weight excluding hydrogens is 209 g/mol. The molecule has 0 bridgehead atoms. The molecule has 1 N–H and O–H groups in total. The number of benzene rings is 1. The molecule has 0 unspecified atom stereocenters. The van der Waals surface area contributed by atoms with Crippen LogP contribution in [0.2, 0.25) is 0 Å². The van der Waals surface area contributed by atoms with Gasteiger partial charge in [0, 0.05) is 19.3 Å². The predicted octanol–water partition coefficient (Wildman–Crippen LogP) is 2.37. The zero-order chi connectivity index (χ0) is 12.3. The number of hydrogen-bond donors (Lipinski definition) is 1. The summed E-state index contributed by atoms with van der Waals surface area (Å²) in [6.45, 7) is 3.61. The number of rotatable bonds is 4. The predicted molar refractivity (Wildman–Crippen MR) is 61.1 cm³/mol. The van der Waals surface area contributed by atoms with Crippen molar-refractivity contribution in [3.05, 3.63) is 30.1 Å². The molecule has 4 heteroatoms. The van der Waals surface area contributed by atoms with Gasteiger partial charge in [0.05, 0.1) is 5.41 Å². The van der Waals surface area contributed by atoms with Gasteiger partial charge in [0.25, 0.3) is 0 Å². The first-order chi connectivity index (χ1) is 7.33. The Morgan fingerprint density at radius 3 is 2.62 bits per heavy atom. The highest BCUT2D eigenvalue weighted by molar-refractivity contribution is 5.74. The normalized spacial score (nSPS) is 11.2. The summed E-state index contributed by atoms with van der Waals surface area (Å²) in [5.74, 6) is -1.19. The Hall–Kier alpha value is -1.58. The van der Waals surface area contributed by atoms with E-state index in [9.17, 15) is 9.18 Å². The van der Waals surface area contributed by atoms with Gasteiger partial charge in [-0.1, -0.05) is 6.07 Å². The second-order valence-electron chi connectivity index (χ2n) is 4.52. The summed E-state index contributed by atoms with van der Waals surface area (Å²) in [5, 5.41) is 8.99. The molecule has 1 aromatic carbocycles. The molecule has 0 aromatic heterocycles. The Morgan fingerprint density at radius 1 is 1.50 bits per heavy atom. The minimum Gasteiger partial charge on any atom is -0.481 e. The summed E-state index contributed by atoms with van der Waals surface area (Å²) in [4.78, 5) is 12.7. The molecule has 0 aliphatic rings. The molecule has 0 amide bonds. The van der Waals surface area contributed by atoms with E-state index in [1.807, 2.05) is 0 Å². The lowest BCUT2D eigenvalue weighted by atomic mass is 9.93. The number of nitrogens with zero attached hydrogens (tertiary/aromatic N) is 1. The van der Waals surface area contributed by atoms with Crippen LogP contribution in [0.25, 0.3) is 0 Å². The van der Waals surface area contributed by atoms with Crippen molar-refractivity contribution in [1.82, 2.24) is 0 Å². The summed E-state index contributed by atoms with van der Waals surface area (Å²) >= 11 is 0. The maximum Gasteiger partial charge on any atom is 0.310 e. The molecule has 0 atom stereocenters. The number of carboxylic acids is 1. The number of aliphatic carboxylic acids is 1. The average Bonchev–Trinajstić information content (AvgIpc) is 2.16. The molecule has 0 spiro atoms. The van der Waals surface area contributed by atoms with E-state index in [0.717, 1.165) is 0 Å². The fraction of sp³-hybridized carbons (Fsp3) is 0.417.